The van der Waals surface area contributed by atoms with Crippen LogP contribution in [0, 0.1) is 10.1 Å². The molecule has 28 heavy (non-hydrogen) atoms. The summed E-state index contributed by atoms with van der Waals surface area (Å²) < 4.78 is 0.109. The van der Waals surface area contributed by atoms with Gasteiger partial charge in [0.05, 0.1) is 15.4 Å². The van der Waals surface area contributed by atoms with Gasteiger partial charge in [0.2, 0.25) is 0 Å². The van der Waals surface area contributed by atoms with Gasteiger partial charge in [0.15, 0.2) is 0 Å². The van der Waals surface area contributed by atoms with Crippen LogP contribution in [0.4, 0.5) is 5.69 Å². The smallest absolute Gasteiger partial charge is 0.327 e. The number of carboxylic acid groups (broad SMARTS) is 1. The van der Waals surface area contributed by atoms with Gasteiger partial charge < -0.3 is 5.11 Å². The summed E-state index contributed by atoms with van der Waals surface area (Å²) in [4.78, 5) is 36.5. The van der Waals surface area contributed by atoms with Gasteiger partial charge >= 0.3 is 5.97 Å². The Hall–Kier alpha value is -3.04. The SMILES string of the molecule is O=C(O)[C@H](Cc1ccccc1)N1C(=O)/C(=C\c2ccccc2[N+](=O)[O-])SC1=S. The third-order valence-corrected chi connectivity index (χ3v) is 5.44. The third kappa shape index (κ3) is 4.10. The van der Waals surface area contributed by atoms with E-state index in [9.17, 15) is 24.8 Å². The minimum atomic E-state index is -1.17. The molecular weight excluding hydrogens is 400 g/mol. The number of nitro benzene ring substituents is 1. The molecule has 0 radical (unpaired) electrons. The zero-order valence-electron chi connectivity index (χ0n) is 14.3. The second kappa shape index (κ2) is 8.32. The van der Waals surface area contributed by atoms with E-state index in [0.29, 0.717) is 0 Å². The van der Waals surface area contributed by atoms with Crippen LogP contribution in [-0.4, -0.2) is 37.2 Å². The van der Waals surface area contributed by atoms with Gasteiger partial charge in [-0.05, 0) is 17.7 Å². The lowest BCUT2D eigenvalue weighted by Gasteiger charge is -2.23. The van der Waals surface area contributed by atoms with E-state index in [4.69, 9.17) is 12.2 Å². The molecule has 1 saturated heterocycles. The van der Waals surface area contributed by atoms with E-state index < -0.39 is 22.8 Å². The Balaban J connectivity index is 1.92. The summed E-state index contributed by atoms with van der Waals surface area (Å²) >= 11 is 6.17. The average Bonchev–Trinajstić information content (AvgIpc) is 2.94. The molecule has 9 heteroatoms. The molecule has 7 nitrogen and oxygen atoms in total. The number of carboxylic acids is 1. The van der Waals surface area contributed by atoms with Crippen LogP contribution in [0.25, 0.3) is 6.08 Å². The zero-order chi connectivity index (χ0) is 20.3. The first-order valence-electron chi connectivity index (χ1n) is 8.15. The van der Waals surface area contributed by atoms with Crippen LogP contribution in [0.3, 0.4) is 0 Å². The van der Waals surface area contributed by atoms with Crippen LogP contribution in [-0.2, 0) is 16.0 Å². The van der Waals surface area contributed by atoms with Crippen molar-refractivity contribution in [2.45, 2.75) is 12.5 Å². The van der Waals surface area contributed by atoms with Gasteiger partial charge in [0.25, 0.3) is 11.6 Å². The predicted molar refractivity (Wildman–Crippen MR) is 110 cm³/mol. The fraction of sp³-hybridized carbons (Fsp3) is 0.105. The first-order valence-corrected chi connectivity index (χ1v) is 9.38. The Bertz CT molecular complexity index is 991. The van der Waals surface area contributed by atoms with Gasteiger partial charge in [-0.15, -0.1) is 0 Å². The second-order valence-corrected chi connectivity index (χ2v) is 7.59. The first-order chi connectivity index (χ1) is 13.4. The van der Waals surface area contributed by atoms with Crippen molar-refractivity contribution < 1.29 is 19.6 Å². The standard InChI is InChI=1S/C19H14N2O5S2/c22-17-16(11-13-8-4-5-9-14(13)21(25)26)28-19(27)20(17)15(18(23)24)10-12-6-2-1-3-7-12/h1-9,11,15H,10H2,(H,23,24)/b16-11+/t15-/m0/s1. The molecule has 0 aromatic heterocycles. The van der Waals surface area contributed by atoms with Crippen LogP contribution in [0.2, 0.25) is 0 Å². The van der Waals surface area contributed by atoms with Gasteiger partial charge in [-0.3, -0.25) is 19.8 Å². The molecule has 1 atom stereocenters. The number of benzene rings is 2. The molecule has 2 aromatic carbocycles. The Kier molecular flexibility index (Phi) is 5.86. The molecule has 1 amide bonds. The third-order valence-electron chi connectivity index (χ3n) is 4.11. The highest BCUT2D eigenvalue weighted by Gasteiger charge is 2.40. The lowest BCUT2D eigenvalue weighted by Crippen LogP contribution is -2.45. The van der Waals surface area contributed by atoms with E-state index in [0.717, 1.165) is 22.2 Å². The van der Waals surface area contributed by atoms with Gasteiger partial charge in [-0.2, -0.15) is 0 Å². The first kappa shape index (κ1) is 19.7. The fourth-order valence-corrected chi connectivity index (χ4v) is 4.14. The van der Waals surface area contributed by atoms with Crippen LogP contribution < -0.4 is 0 Å². The lowest BCUT2D eigenvalue weighted by atomic mass is 10.0. The predicted octanol–water partition coefficient (Wildman–Crippen LogP) is 3.49. The number of thioether (sulfide) groups is 1. The van der Waals surface area contributed by atoms with Gasteiger partial charge in [0, 0.05) is 12.5 Å². The zero-order valence-corrected chi connectivity index (χ0v) is 16.0. The van der Waals surface area contributed by atoms with Crippen molar-refractivity contribution in [3.8, 4) is 0 Å². The van der Waals surface area contributed by atoms with Crippen molar-refractivity contribution in [1.82, 2.24) is 4.90 Å². The fourth-order valence-electron chi connectivity index (χ4n) is 2.79. The molecule has 1 aliphatic rings. The van der Waals surface area contributed by atoms with Crippen molar-refractivity contribution in [3.05, 3.63) is 80.7 Å². The minimum absolute atomic E-state index is 0.0986. The van der Waals surface area contributed by atoms with Gasteiger partial charge in [-0.25, -0.2) is 4.79 Å². The van der Waals surface area contributed by atoms with E-state index in [1.54, 1.807) is 30.3 Å². The maximum Gasteiger partial charge on any atom is 0.327 e. The number of hydrogen-bond acceptors (Lipinski definition) is 6. The number of nitro groups is 1. The van der Waals surface area contributed by atoms with E-state index >= 15 is 0 Å². The quantitative estimate of drug-likeness (QED) is 0.334. The highest BCUT2D eigenvalue weighted by molar-refractivity contribution is 8.26. The molecule has 1 N–H and O–H groups in total. The molecule has 3 rings (SSSR count). The molecule has 0 spiro atoms. The highest BCUT2D eigenvalue weighted by Crippen LogP contribution is 2.36. The van der Waals surface area contributed by atoms with Crippen molar-refractivity contribution in [2.24, 2.45) is 0 Å². The van der Waals surface area contributed by atoms with Crippen LogP contribution >= 0.6 is 24.0 Å². The Morgan fingerprint density at radius 2 is 1.86 bits per heavy atom. The number of amides is 1. The van der Waals surface area contributed by atoms with E-state index in [1.807, 2.05) is 6.07 Å². The van der Waals surface area contributed by atoms with Crippen molar-refractivity contribution in [1.29, 1.82) is 0 Å². The van der Waals surface area contributed by atoms with Crippen molar-refractivity contribution in [3.63, 3.8) is 0 Å². The molecule has 0 aliphatic carbocycles. The van der Waals surface area contributed by atoms with Crippen LogP contribution in [0.5, 0.6) is 0 Å². The summed E-state index contributed by atoms with van der Waals surface area (Å²) in [5, 5.41) is 20.8. The number of carbonyl (C=O) groups excluding carboxylic acids is 1. The minimum Gasteiger partial charge on any atom is -0.480 e. The molecular formula is C19H14N2O5S2. The van der Waals surface area contributed by atoms with Gasteiger partial charge in [-0.1, -0.05) is 66.4 Å². The Morgan fingerprint density at radius 1 is 1.21 bits per heavy atom. The van der Waals surface area contributed by atoms with Crippen LogP contribution in [0.15, 0.2) is 59.5 Å². The summed E-state index contributed by atoms with van der Waals surface area (Å²) in [5.74, 6) is -1.75. The largest absolute Gasteiger partial charge is 0.480 e. The number of nitrogens with zero attached hydrogens (tertiary/aromatic N) is 2. The molecule has 0 bridgehead atoms. The molecule has 0 saturated carbocycles. The summed E-state index contributed by atoms with van der Waals surface area (Å²) in [7, 11) is 0. The number of carbonyl (C=O) groups is 2. The number of aliphatic carboxylic acids is 1. The summed E-state index contributed by atoms with van der Waals surface area (Å²) in [6.45, 7) is 0. The number of para-hydroxylation sites is 1. The Morgan fingerprint density at radius 3 is 2.50 bits per heavy atom. The lowest BCUT2D eigenvalue weighted by molar-refractivity contribution is -0.385. The summed E-state index contributed by atoms with van der Waals surface area (Å²) in [5.41, 5.74) is 0.862. The topological polar surface area (TPSA) is 101 Å². The molecule has 1 aliphatic heterocycles. The highest BCUT2D eigenvalue weighted by atomic mass is 32.2. The maximum absolute atomic E-state index is 12.9. The second-order valence-electron chi connectivity index (χ2n) is 5.91. The number of thiocarbonyl (C=S) groups is 1. The van der Waals surface area contributed by atoms with Crippen molar-refractivity contribution in [2.75, 3.05) is 0 Å². The molecule has 1 heterocycles. The molecule has 142 valence electrons. The monoisotopic (exact) mass is 414 g/mol. The Labute approximate surface area is 169 Å². The number of hydrogen-bond donors (Lipinski definition) is 1. The van der Waals surface area contributed by atoms with E-state index in [1.165, 1.54) is 24.3 Å². The summed E-state index contributed by atoms with van der Waals surface area (Å²) in [6.07, 6.45) is 1.47. The average molecular weight is 414 g/mol. The normalized spacial score (nSPS) is 16.4. The summed E-state index contributed by atoms with van der Waals surface area (Å²) in [6, 6.07) is 13.8. The van der Waals surface area contributed by atoms with E-state index in [-0.39, 0.29) is 26.9 Å². The van der Waals surface area contributed by atoms with Gasteiger partial charge in [0.1, 0.15) is 10.4 Å². The van der Waals surface area contributed by atoms with E-state index in [2.05, 4.69) is 0 Å². The molecule has 0 unspecified atom stereocenters. The maximum atomic E-state index is 12.9. The molecule has 1 fully saturated rings. The van der Waals surface area contributed by atoms with Crippen molar-refractivity contribution >= 4 is 51.9 Å². The van der Waals surface area contributed by atoms with Crippen LogP contribution in [0.1, 0.15) is 11.1 Å². The molecule has 2 aromatic rings. The number of rotatable bonds is 6.